The first kappa shape index (κ1) is 20.2. The van der Waals surface area contributed by atoms with Gasteiger partial charge in [-0.1, -0.05) is 49.9 Å². The summed E-state index contributed by atoms with van der Waals surface area (Å²) in [4.78, 5) is 28.1. The van der Waals surface area contributed by atoms with E-state index in [4.69, 9.17) is 0 Å². The normalized spacial score (nSPS) is 23.6. The zero-order valence-corrected chi connectivity index (χ0v) is 17.3. The molecule has 2 unspecified atom stereocenters. The number of carbonyl (C=O) groups excluding carboxylic acids is 2. The second-order valence-electron chi connectivity index (χ2n) is 8.04. The highest BCUT2D eigenvalue weighted by Gasteiger charge is 2.23. The molecule has 2 saturated heterocycles. The summed E-state index contributed by atoms with van der Waals surface area (Å²) in [6.07, 6.45) is 1.68. The third-order valence-corrected chi connectivity index (χ3v) is 6.28. The van der Waals surface area contributed by atoms with Crippen molar-refractivity contribution in [3.8, 4) is 0 Å². The van der Waals surface area contributed by atoms with Crippen LogP contribution in [0.3, 0.4) is 0 Å². The molecule has 2 fully saturated rings. The Morgan fingerprint density at radius 1 is 1.19 bits per heavy atom. The topological polar surface area (TPSA) is 52.7 Å². The van der Waals surface area contributed by atoms with Gasteiger partial charge in [0.2, 0.25) is 5.91 Å². The fraction of sp³-hybridized carbons (Fsp3) is 0.619. The van der Waals surface area contributed by atoms with Gasteiger partial charge in [-0.3, -0.25) is 14.5 Å². The molecule has 3 rings (SSSR count). The third-order valence-electron chi connectivity index (χ3n) is 5.39. The minimum Gasteiger partial charge on any atom is -0.352 e. The zero-order valence-electron chi connectivity index (χ0n) is 16.4. The molecule has 5 nitrogen and oxygen atoms in total. The number of hydrogen-bond donors (Lipinski definition) is 1. The summed E-state index contributed by atoms with van der Waals surface area (Å²) < 4.78 is 0. The molecule has 1 aromatic carbocycles. The van der Waals surface area contributed by atoms with Crippen LogP contribution in [0.4, 0.5) is 4.79 Å². The highest BCUT2D eigenvalue weighted by molar-refractivity contribution is 8.13. The van der Waals surface area contributed by atoms with Crippen molar-refractivity contribution in [1.82, 2.24) is 15.1 Å². The lowest BCUT2D eigenvalue weighted by atomic mass is 9.91. The Kier molecular flexibility index (Phi) is 7.19. The van der Waals surface area contributed by atoms with Crippen molar-refractivity contribution in [3.05, 3.63) is 35.4 Å². The summed E-state index contributed by atoms with van der Waals surface area (Å²) in [6.45, 7) is 9.72. The van der Waals surface area contributed by atoms with Gasteiger partial charge in [0.1, 0.15) is 0 Å². The van der Waals surface area contributed by atoms with Crippen molar-refractivity contribution in [3.63, 3.8) is 0 Å². The van der Waals surface area contributed by atoms with Gasteiger partial charge in [-0.2, -0.15) is 0 Å². The van der Waals surface area contributed by atoms with E-state index in [-0.39, 0.29) is 11.1 Å². The highest BCUT2D eigenvalue weighted by atomic mass is 32.2. The smallest absolute Gasteiger partial charge is 0.281 e. The minimum absolute atomic E-state index is 0.00900. The maximum absolute atomic E-state index is 12.2. The van der Waals surface area contributed by atoms with Crippen molar-refractivity contribution in [1.29, 1.82) is 0 Å². The number of carbonyl (C=O) groups is 2. The summed E-state index contributed by atoms with van der Waals surface area (Å²) >= 11 is 1.34. The number of nitrogens with zero attached hydrogens (tertiary/aromatic N) is 2. The van der Waals surface area contributed by atoms with Gasteiger partial charge in [0.05, 0.1) is 0 Å². The van der Waals surface area contributed by atoms with Crippen molar-refractivity contribution >= 4 is 22.9 Å². The number of rotatable bonds is 7. The summed E-state index contributed by atoms with van der Waals surface area (Å²) in [5, 5.41) is 3.13. The van der Waals surface area contributed by atoms with E-state index in [0.717, 1.165) is 43.8 Å². The molecule has 1 N–H and O–H groups in total. The molecular formula is C21H31N3O2S. The van der Waals surface area contributed by atoms with E-state index in [9.17, 15) is 9.59 Å². The molecule has 27 heavy (non-hydrogen) atoms. The molecule has 2 aliphatic rings. The minimum atomic E-state index is 0.00900. The van der Waals surface area contributed by atoms with Gasteiger partial charge >= 0.3 is 0 Å². The molecule has 1 aromatic rings. The average Bonchev–Trinajstić information content (AvgIpc) is 3.03. The van der Waals surface area contributed by atoms with Crippen molar-refractivity contribution in [2.45, 2.75) is 39.8 Å². The Labute approximate surface area is 166 Å². The molecule has 0 aliphatic carbocycles. The Bertz CT molecular complexity index is 657. The monoisotopic (exact) mass is 389 g/mol. The largest absolute Gasteiger partial charge is 0.352 e. The number of piperidine rings is 1. The van der Waals surface area contributed by atoms with Crippen LogP contribution >= 0.6 is 11.8 Å². The van der Waals surface area contributed by atoms with E-state index in [2.05, 4.69) is 42.3 Å². The quantitative estimate of drug-likeness (QED) is 0.777. The number of amides is 2. The number of thioether (sulfide) groups is 1. The van der Waals surface area contributed by atoms with Crippen LogP contribution in [-0.2, 0) is 17.9 Å². The Hall–Kier alpha value is -1.53. The van der Waals surface area contributed by atoms with Crippen molar-refractivity contribution in [2.75, 3.05) is 31.9 Å². The molecule has 148 valence electrons. The summed E-state index contributed by atoms with van der Waals surface area (Å²) in [6, 6.07) is 8.39. The maximum atomic E-state index is 12.2. The zero-order chi connectivity index (χ0) is 19.2. The average molecular weight is 390 g/mol. The van der Waals surface area contributed by atoms with Crippen LogP contribution < -0.4 is 5.32 Å². The molecule has 0 aromatic heterocycles. The van der Waals surface area contributed by atoms with E-state index in [1.807, 2.05) is 6.07 Å². The predicted octanol–water partition coefficient (Wildman–Crippen LogP) is 3.34. The highest BCUT2D eigenvalue weighted by Crippen LogP contribution is 2.23. The lowest BCUT2D eigenvalue weighted by Crippen LogP contribution is -2.38. The number of hydrogen-bond acceptors (Lipinski definition) is 4. The van der Waals surface area contributed by atoms with E-state index < -0.39 is 0 Å². The van der Waals surface area contributed by atoms with E-state index in [0.29, 0.717) is 19.5 Å². The molecule has 6 heteroatoms. The predicted molar refractivity (Wildman–Crippen MR) is 111 cm³/mol. The van der Waals surface area contributed by atoms with Gasteiger partial charge in [0.25, 0.3) is 5.24 Å². The maximum Gasteiger partial charge on any atom is 0.281 e. The standard InChI is InChI=1S/C21H31N3O2S/c1-16-11-17(2)14-23(13-16)15-19-6-4-3-5-18(19)12-22-20(25)7-8-24-9-10-27-21(24)26/h3-6,16-17H,7-15H2,1-2H3,(H,22,25). The molecule has 2 aliphatic heterocycles. The van der Waals surface area contributed by atoms with Crippen LogP contribution in [-0.4, -0.2) is 52.9 Å². The molecule has 0 radical (unpaired) electrons. The van der Waals surface area contributed by atoms with Gasteiger partial charge in [-0.15, -0.1) is 0 Å². The van der Waals surface area contributed by atoms with E-state index >= 15 is 0 Å². The molecule has 0 spiro atoms. The van der Waals surface area contributed by atoms with Gasteiger partial charge in [-0.05, 0) is 29.4 Å². The van der Waals surface area contributed by atoms with Gasteiger partial charge in [0.15, 0.2) is 0 Å². The summed E-state index contributed by atoms with van der Waals surface area (Å²) in [7, 11) is 0. The summed E-state index contributed by atoms with van der Waals surface area (Å²) in [5.41, 5.74) is 2.48. The SMILES string of the molecule is CC1CC(C)CN(Cc2ccccc2CNC(=O)CCN2CCSC2=O)C1. The van der Waals surface area contributed by atoms with Crippen LogP contribution in [0.5, 0.6) is 0 Å². The molecule has 2 heterocycles. The third kappa shape index (κ3) is 5.98. The first-order chi connectivity index (χ1) is 13.0. The first-order valence-electron chi connectivity index (χ1n) is 9.99. The van der Waals surface area contributed by atoms with Gasteiger partial charge < -0.3 is 10.2 Å². The van der Waals surface area contributed by atoms with Crippen LogP contribution in [0.15, 0.2) is 24.3 Å². The van der Waals surface area contributed by atoms with Gasteiger partial charge in [0, 0.05) is 51.4 Å². The lowest BCUT2D eigenvalue weighted by molar-refractivity contribution is -0.121. The number of nitrogens with one attached hydrogen (secondary N) is 1. The second kappa shape index (κ2) is 9.60. The Morgan fingerprint density at radius 2 is 1.89 bits per heavy atom. The van der Waals surface area contributed by atoms with Crippen LogP contribution in [0.25, 0.3) is 0 Å². The second-order valence-corrected chi connectivity index (χ2v) is 9.08. The van der Waals surface area contributed by atoms with Crippen molar-refractivity contribution < 1.29 is 9.59 Å². The number of likely N-dealkylation sites (tertiary alicyclic amines) is 1. The van der Waals surface area contributed by atoms with Crippen molar-refractivity contribution in [2.24, 2.45) is 11.8 Å². The van der Waals surface area contributed by atoms with E-state index in [1.54, 1.807) is 4.90 Å². The molecule has 0 saturated carbocycles. The van der Waals surface area contributed by atoms with Crippen LogP contribution in [0, 0.1) is 11.8 Å². The Morgan fingerprint density at radius 3 is 2.56 bits per heavy atom. The fourth-order valence-corrected chi connectivity index (χ4v) is 5.05. The Balaban J connectivity index is 1.50. The molecular weight excluding hydrogens is 358 g/mol. The van der Waals surface area contributed by atoms with E-state index in [1.165, 1.54) is 29.3 Å². The summed E-state index contributed by atoms with van der Waals surface area (Å²) in [5.74, 6) is 2.33. The number of benzene rings is 1. The molecule has 2 amide bonds. The van der Waals surface area contributed by atoms with Crippen LogP contribution in [0.2, 0.25) is 0 Å². The fourth-order valence-electron chi connectivity index (χ4n) is 4.19. The van der Waals surface area contributed by atoms with Crippen LogP contribution in [0.1, 0.15) is 37.8 Å². The molecule has 2 atom stereocenters. The van der Waals surface area contributed by atoms with Gasteiger partial charge in [-0.25, -0.2) is 0 Å². The molecule has 0 bridgehead atoms. The lowest BCUT2D eigenvalue weighted by Gasteiger charge is -2.35. The first-order valence-corrected chi connectivity index (χ1v) is 11.0.